The Morgan fingerprint density at radius 2 is 2.06 bits per heavy atom. The summed E-state index contributed by atoms with van der Waals surface area (Å²) in [5, 5.41) is 2.79. The SMILES string of the molecule is CC(C)NC(=O)C(C)Oc1cccc(N)c1Br. The van der Waals surface area contributed by atoms with Crippen LogP contribution >= 0.6 is 15.9 Å². The maximum Gasteiger partial charge on any atom is 0.260 e. The summed E-state index contributed by atoms with van der Waals surface area (Å²) in [4.78, 5) is 11.7. The minimum Gasteiger partial charge on any atom is -0.480 e. The molecule has 0 aromatic heterocycles. The molecule has 0 heterocycles. The van der Waals surface area contributed by atoms with Crippen LogP contribution in [0.3, 0.4) is 0 Å². The summed E-state index contributed by atoms with van der Waals surface area (Å²) in [5.74, 6) is 0.422. The Hall–Kier alpha value is -1.23. The van der Waals surface area contributed by atoms with Gasteiger partial charge in [0.2, 0.25) is 0 Å². The normalized spacial score (nSPS) is 12.3. The van der Waals surface area contributed by atoms with E-state index in [9.17, 15) is 4.79 Å². The zero-order chi connectivity index (χ0) is 13.0. The fourth-order valence-electron chi connectivity index (χ4n) is 1.26. The van der Waals surface area contributed by atoms with Gasteiger partial charge in [0.05, 0.1) is 4.47 Å². The van der Waals surface area contributed by atoms with Crippen molar-refractivity contribution in [1.82, 2.24) is 5.32 Å². The minimum atomic E-state index is -0.560. The maximum atomic E-state index is 11.7. The van der Waals surface area contributed by atoms with E-state index in [0.29, 0.717) is 15.9 Å². The number of rotatable bonds is 4. The molecule has 1 aromatic rings. The van der Waals surface area contributed by atoms with Gasteiger partial charge in [-0.3, -0.25) is 4.79 Å². The fourth-order valence-corrected chi connectivity index (χ4v) is 1.62. The summed E-state index contributed by atoms with van der Waals surface area (Å²) in [6.07, 6.45) is -0.560. The van der Waals surface area contributed by atoms with Crippen LogP contribution in [-0.4, -0.2) is 18.1 Å². The van der Waals surface area contributed by atoms with Crippen LogP contribution in [0, 0.1) is 0 Å². The van der Waals surface area contributed by atoms with Crippen LogP contribution in [0.4, 0.5) is 5.69 Å². The first-order valence-electron chi connectivity index (χ1n) is 5.43. The Balaban J connectivity index is 2.71. The molecule has 3 N–H and O–H groups in total. The highest BCUT2D eigenvalue weighted by atomic mass is 79.9. The first-order valence-corrected chi connectivity index (χ1v) is 6.22. The summed E-state index contributed by atoms with van der Waals surface area (Å²) in [7, 11) is 0. The van der Waals surface area contributed by atoms with Crippen molar-refractivity contribution >= 4 is 27.5 Å². The third-order valence-corrected chi connectivity index (χ3v) is 2.95. The molecule has 1 rings (SSSR count). The van der Waals surface area contributed by atoms with E-state index in [1.54, 1.807) is 25.1 Å². The molecule has 1 aromatic carbocycles. The third-order valence-electron chi connectivity index (χ3n) is 2.10. The van der Waals surface area contributed by atoms with Crippen molar-refractivity contribution in [3.8, 4) is 5.75 Å². The second-order valence-electron chi connectivity index (χ2n) is 4.08. The monoisotopic (exact) mass is 300 g/mol. The molecule has 94 valence electrons. The number of carbonyl (C=O) groups excluding carboxylic acids is 1. The number of nitrogens with one attached hydrogen (secondary N) is 1. The van der Waals surface area contributed by atoms with E-state index in [2.05, 4.69) is 21.2 Å². The highest BCUT2D eigenvalue weighted by Gasteiger charge is 2.16. The molecule has 1 atom stereocenters. The molecule has 0 aliphatic rings. The Labute approximate surface area is 110 Å². The van der Waals surface area contributed by atoms with E-state index in [1.807, 2.05) is 13.8 Å². The highest BCUT2D eigenvalue weighted by molar-refractivity contribution is 9.10. The molecule has 0 aliphatic heterocycles. The van der Waals surface area contributed by atoms with E-state index in [4.69, 9.17) is 10.5 Å². The number of halogens is 1. The van der Waals surface area contributed by atoms with Gasteiger partial charge in [0.15, 0.2) is 6.10 Å². The van der Waals surface area contributed by atoms with Gasteiger partial charge in [-0.25, -0.2) is 0 Å². The molecular formula is C12H17BrN2O2. The van der Waals surface area contributed by atoms with Gasteiger partial charge >= 0.3 is 0 Å². The Morgan fingerprint density at radius 3 is 2.65 bits per heavy atom. The topological polar surface area (TPSA) is 64.3 Å². The van der Waals surface area contributed by atoms with E-state index in [0.717, 1.165) is 0 Å². The fraction of sp³-hybridized carbons (Fsp3) is 0.417. The van der Waals surface area contributed by atoms with Gasteiger partial charge in [-0.05, 0) is 48.8 Å². The molecule has 5 heteroatoms. The second-order valence-corrected chi connectivity index (χ2v) is 4.88. The molecule has 0 saturated heterocycles. The lowest BCUT2D eigenvalue weighted by molar-refractivity contribution is -0.127. The van der Waals surface area contributed by atoms with Gasteiger partial charge in [0, 0.05) is 11.7 Å². The van der Waals surface area contributed by atoms with Gasteiger partial charge in [-0.2, -0.15) is 0 Å². The number of carbonyl (C=O) groups is 1. The van der Waals surface area contributed by atoms with Crippen molar-refractivity contribution in [3.05, 3.63) is 22.7 Å². The van der Waals surface area contributed by atoms with Crippen LogP contribution in [0.2, 0.25) is 0 Å². The first-order chi connectivity index (χ1) is 7.91. The van der Waals surface area contributed by atoms with E-state index in [1.165, 1.54) is 0 Å². The predicted octanol–water partition coefficient (Wildman–Crippen LogP) is 2.32. The lowest BCUT2D eigenvalue weighted by atomic mass is 10.3. The van der Waals surface area contributed by atoms with Crippen LogP contribution < -0.4 is 15.8 Å². The van der Waals surface area contributed by atoms with Crippen LogP contribution in [0.15, 0.2) is 22.7 Å². The summed E-state index contributed by atoms with van der Waals surface area (Å²) in [6.45, 7) is 5.51. The lowest BCUT2D eigenvalue weighted by Crippen LogP contribution is -2.40. The van der Waals surface area contributed by atoms with Crippen LogP contribution in [0.25, 0.3) is 0 Å². The number of hydrogen-bond donors (Lipinski definition) is 2. The largest absolute Gasteiger partial charge is 0.480 e. The zero-order valence-corrected chi connectivity index (χ0v) is 11.7. The van der Waals surface area contributed by atoms with E-state index >= 15 is 0 Å². The number of nitrogens with two attached hydrogens (primary N) is 1. The van der Waals surface area contributed by atoms with Crippen molar-refractivity contribution in [2.75, 3.05) is 5.73 Å². The van der Waals surface area contributed by atoms with E-state index in [-0.39, 0.29) is 11.9 Å². The van der Waals surface area contributed by atoms with Crippen LogP contribution in [0.5, 0.6) is 5.75 Å². The van der Waals surface area contributed by atoms with Crippen molar-refractivity contribution in [2.24, 2.45) is 0 Å². The number of anilines is 1. The second kappa shape index (κ2) is 5.91. The molecule has 0 radical (unpaired) electrons. The van der Waals surface area contributed by atoms with Crippen molar-refractivity contribution in [1.29, 1.82) is 0 Å². The van der Waals surface area contributed by atoms with Crippen molar-refractivity contribution < 1.29 is 9.53 Å². The molecule has 17 heavy (non-hydrogen) atoms. The smallest absolute Gasteiger partial charge is 0.260 e. The van der Waals surface area contributed by atoms with Gasteiger partial charge in [0.1, 0.15) is 5.75 Å². The molecule has 0 aliphatic carbocycles. The summed E-state index contributed by atoms with van der Waals surface area (Å²) in [5.41, 5.74) is 6.31. The average molecular weight is 301 g/mol. The van der Waals surface area contributed by atoms with Gasteiger partial charge in [0.25, 0.3) is 5.91 Å². The number of amides is 1. The predicted molar refractivity (Wildman–Crippen MR) is 71.9 cm³/mol. The summed E-state index contributed by atoms with van der Waals surface area (Å²) >= 11 is 3.33. The number of benzene rings is 1. The van der Waals surface area contributed by atoms with E-state index < -0.39 is 6.10 Å². The maximum absolute atomic E-state index is 11.7. The Morgan fingerprint density at radius 1 is 1.41 bits per heavy atom. The average Bonchev–Trinajstić information content (AvgIpc) is 2.23. The number of hydrogen-bond acceptors (Lipinski definition) is 3. The quantitative estimate of drug-likeness (QED) is 0.839. The molecule has 0 spiro atoms. The van der Waals surface area contributed by atoms with Crippen LogP contribution in [-0.2, 0) is 4.79 Å². The summed E-state index contributed by atoms with van der Waals surface area (Å²) in [6, 6.07) is 5.40. The van der Waals surface area contributed by atoms with Gasteiger partial charge in [-0.15, -0.1) is 0 Å². The molecule has 1 amide bonds. The molecule has 0 saturated carbocycles. The van der Waals surface area contributed by atoms with Gasteiger partial charge < -0.3 is 15.8 Å². The van der Waals surface area contributed by atoms with Gasteiger partial charge in [-0.1, -0.05) is 6.07 Å². The number of ether oxygens (including phenoxy) is 1. The lowest BCUT2D eigenvalue weighted by Gasteiger charge is -2.17. The standard InChI is InChI=1S/C12H17BrN2O2/c1-7(2)15-12(16)8(3)17-10-6-4-5-9(14)11(10)13/h4-8H,14H2,1-3H3,(H,15,16). The van der Waals surface area contributed by atoms with Crippen molar-refractivity contribution in [3.63, 3.8) is 0 Å². The molecule has 0 bridgehead atoms. The molecule has 4 nitrogen and oxygen atoms in total. The minimum absolute atomic E-state index is 0.0952. The molecule has 1 unspecified atom stereocenters. The molecule has 0 fully saturated rings. The Bertz CT molecular complexity index is 407. The first kappa shape index (κ1) is 13.8. The number of nitrogen functional groups attached to an aromatic ring is 1. The summed E-state index contributed by atoms with van der Waals surface area (Å²) < 4.78 is 6.22. The highest BCUT2D eigenvalue weighted by Crippen LogP contribution is 2.30. The molecular weight excluding hydrogens is 284 g/mol. The zero-order valence-electron chi connectivity index (χ0n) is 10.2. The Kier molecular flexibility index (Phi) is 4.81. The van der Waals surface area contributed by atoms with Crippen molar-refractivity contribution in [2.45, 2.75) is 32.9 Å². The third kappa shape index (κ3) is 3.93. The van der Waals surface area contributed by atoms with Crippen LogP contribution in [0.1, 0.15) is 20.8 Å².